The maximum atomic E-state index is 13.0. The number of aryl methyl sites for hydroxylation is 1. The number of amides is 1. The minimum absolute atomic E-state index is 0.0657. The smallest absolute Gasteiger partial charge is 0.262 e. The Balaban J connectivity index is 1.72. The van der Waals surface area contributed by atoms with Crippen molar-refractivity contribution in [1.82, 2.24) is 9.55 Å². The lowest BCUT2D eigenvalue weighted by atomic mass is 10.0. The summed E-state index contributed by atoms with van der Waals surface area (Å²) < 4.78 is 1.39. The van der Waals surface area contributed by atoms with Gasteiger partial charge in [0.25, 0.3) is 5.56 Å². The molecule has 0 aliphatic carbocycles. The van der Waals surface area contributed by atoms with Crippen molar-refractivity contribution in [2.45, 2.75) is 26.1 Å². The van der Waals surface area contributed by atoms with Crippen LogP contribution in [-0.2, 0) is 17.9 Å². The van der Waals surface area contributed by atoms with Crippen molar-refractivity contribution in [3.05, 3.63) is 98.2 Å². The summed E-state index contributed by atoms with van der Waals surface area (Å²) in [6, 6.07) is 19.8. The van der Waals surface area contributed by atoms with Gasteiger partial charge in [0.05, 0.1) is 15.8 Å². The number of primary amides is 1. The maximum absolute atomic E-state index is 13.0. The van der Waals surface area contributed by atoms with Crippen LogP contribution >= 0.6 is 11.3 Å². The van der Waals surface area contributed by atoms with Gasteiger partial charge in [-0.15, -0.1) is 11.3 Å². The lowest BCUT2D eigenvalue weighted by Crippen LogP contribution is -2.84. The number of nitrogens with two attached hydrogens (primary N) is 2. The molecule has 1 atom stereocenters. The third-order valence-electron chi connectivity index (χ3n) is 5.08. The summed E-state index contributed by atoms with van der Waals surface area (Å²) >= 11 is 1.69. The number of quaternary nitrogens is 1. The number of thiophene rings is 1. The van der Waals surface area contributed by atoms with E-state index in [1.165, 1.54) is 20.6 Å². The normalized spacial score (nSPS) is 12.2. The SMILES string of the molecule is Cc1ccc([C@H]([NH2+]Cc2nc3ccccc3c(=O)n2CC(N)=O)c2cccs2)cc1. The number of benzene rings is 2. The van der Waals surface area contributed by atoms with E-state index < -0.39 is 5.91 Å². The monoisotopic (exact) mass is 419 g/mol. The molecule has 4 aromatic rings. The number of carbonyl (C=O) groups is 1. The van der Waals surface area contributed by atoms with Crippen molar-refractivity contribution in [3.63, 3.8) is 0 Å². The van der Waals surface area contributed by atoms with Gasteiger partial charge in [-0.1, -0.05) is 48.0 Å². The molecule has 2 aromatic carbocycles. The Bertz CT molecular complexity index is 1230. The second-order valence-corrected chi connectivity index (χ2v) is 8.23. The highest BCUT2D eigenvalue weighted by Gasteiger charge is 2.21. The molecule has 0 bridgehead atoms. The third kappa shape index (κ3) is 4.17. The molecule has 152 valence electrons. The highest BCUT2D eigenvalue weighted by atomic mass is 32.1. The first kappa shape index (κ1) is 20.0. The van der Waals surface area contributed by atoms with E-state index in [1.54, 1.807) is 23.5 Å². The van der Waals surface area contributed by atoms with Gasteiger partial charge in [-0.25, -0.2) is 4.98 Å². The van der Waals surface area contributed by atoms with Gasteiger partial charge in [0.1, 0.15) is 19.1 Å². The molecule has 0 saturated carbocycles. The first-order valence-electron chi connectivity index (χ1n) is 9.73. The summed E-state index contributed by atoms with van der Waals surface area (Å²) in [5.41, 5.74) is 8.16. The lowest BCUT2D eigenvalue weighted by molar-refractivity contribution is -0.703. The van der Waals surface area contributed by atoms with Gasteiger partial charge in [0.2, 0.25) is 5.91 Å². The summed E-state index contributed by atoms with van der Waals surface area (Å²) in [7, 11) is 0. The van der Waals surface area contributed by atoms with Crippen LogP contribution in [0.3, 0.4) is 0 Å². The summed E-state index contributed by atoms with van der Waals surface area (Å²) in [5, 5.41) is 4.68. The molecular formula is C23H23N4O2S+. The average Bonchev–Trinajstić information content (AvgIpc) is 3.26. The second kappa shape index (κ2) is 8.61. The summed E-state index contributed by atoms with van der Waals surface area (Å²) in [5.74, 6) is -0.0325. The molecule has 0 aliphatic heterocycles. The van der Waals surface area contributed by atoms with Crippen LogP contribution in [-0.4, -0.2) is 15.5 Å². The molecule has 2 aromatic heterocycles. The minimum Gasteiger partial charge on any atom is -0.368 e. The second-order valence-electron chi connectivity index (χ2n) is 7.25. The molecule has 4 rings (SSSR count). The Morgan fingerprint density at radius 2 is 1.90 bits per heavy atom. The molecule has 0 unspecified atom stereocenters. The Labute approximate surface area is 178 Å². The van der Waals surface area contributed by atoms with Crippen molar-refractivity contribution in [2.24, 2.45) is 5.73 Å². The molecule has 1 amide bonds. The zero-order chi connectivity index (χ0) is 21.1. The van der Waals surface area contributed by atoms with Crippen LogP contribution in [0, 0.1) is 6.92 Å². The predicted octanol–water partition coefficient (Wildman–Crippen LogP) is 2.10. The van der Waals surface area contributed by atoms with Crippen LogP contribution in [0.15, 0.2) is 70.8 Å². The van der Waals surface area contributed by atoms with Crippen molar-refractivity contribution in [3.8, 4) is 0 Å². The zero-order valence-electron chi connectivity index (χ0n) is 16.6. The first-order valence-corrected chi connectivity index (χ1v) is 10.6. The van der Waals surface area contributed by atoms with Crippen molar-refractivity contribution < 1.29 is 10.1 Å². The molecule has 0 saturated heterocycles. The van der Waals surface area contributed by atoms with Crippen LogP contribution in [0.25, 0.3) is 10.9 Å². The number of hydrogen-bond acceptors (Lipinski definition) is 4. The molecule has 0 aliphatic rings. The predicted molar refractivity (Wildman–Crippen MR) is 118 cm³/mol. The molecule has 0 spiro atoms. The fraction of sp³-hybridized carbons (Fsp3) is 0.174. The highest BCUT2D eigenvalue weighted by molar-refractivity contribution is 7.10. The lowest BCUT2D eigenvalue weighted by Gasteiger charge is -2.17. The van der Waals surface area contributed by atoms with E-state index in [-0.39, 0.29) is 18.1 Å². The van der Waals surface area contributed by atoms with Crippen molar-refractivity contribution in [2.75, 3.05) is 0 Å². The topological polar surface area (TPSA) is 94.6 Å². The molecule has 7 heteroatoms. The summed E-state index contributed by atoms with van der Waals surface area (Å²) in [6.45, 7) is 2.31. The van der Waals surface area contributed by atoms with E-state index >= 15 is 0 Å². The van der Waals surface area contributed by atoms with Gasteiger partial charge in [0.15, 0.2) is 5.82 Å². The first-order chi connectivity index (χ1) is 14.5. The minimum atomic E-state index is -0.566. The molecule has 6 nitrogen and oxygen atoms in total. The number of para-hydroxylation sites is 1. The number of aromatic nitrogens is 2. The highest BCUT2D eigenvalue weighted by Crippen LogP contribution is 2.23. The number of rotatable bonds is 7. The quantitative estimate of drug-likeness (QED) is 0.480. The summed E-state index contributed by atoms with van der Waals surface area (Å²) in [6.07, 6.45) is 0. The van der Waals surface area contributed by atoms with Crippen LogP contribution in [0.4, 0.5) is 0 Å². The van der Waals surface area contributed by atoms with E-state index in [0.717, 1.165) is 0 Å². The molecule has 2 heterocycles. The molecule has 30 heavy (non-hydrogen) atoms. The van der Waals surface area contributed by atoms with Gasteiger partial charge < -0.3 is 11.1 Å². The largest absolute Gasteiger partial charge is 0.368 e. The standard InChI is InChI=1S/C23H22N4O2S/c1-15-8-10-16(11-9-15)22(19-7-4-12-30-19)25-13-21-26-18-6-3-2-5-17(18)23(29)27(21)14-20(24)28/h2-12,22,25H,13-14H2,1H3,(H2,24,28)/p+1/t22-/m0/s1. The van der Waals surface area contributed by atoms with Crippen molar-refractivity contribution in [1.29, 1.82) is 0 Å². The van der Waals surface area contributed by atoms with Crippen LogP contribution in [0.5, 0.6) is 0 Å². The van der Waals surface area contributed by atoms with E-state index in [4.69, 9.17) is 5.73 Å². The van der Waals surface area contributed by atoms with Crippen LogP contribution < -0.4 is 16.6 Å². The number of nitrogens with zero attached hydrogens (tertiary/aromatic N) is 2. The van der Waals surface area contributed by atoms with Gasteiger partial charge in [0, 0.05) is 5.56 Å². The van der Waals surface area contributed by atoms with Crippen LogP contribution in [0.2, 0.25) is 0 Å². The zero-order valence-corrected chi connectivity index (χ0v) is 17.4. The third-order valence-corrected chi connectivity index (χ3v) is 6.03. The molecular weight excluding hydrogens is 396 g/mol. The number of hydrogen-bond donors (Lipinski definition) is 2. The van der Waals surface area contributed by atoms with E-state index in [1.807, 2.05) is 18.2 Å². The fourth-order valence-electron chi connectivity index (χ4n) is 3.57. The average molecular weight is 420 g/mol. The Hall–Kier alpha value is -3.29. The molecule has 0 radical (unpaired) electrons. The van der Waals surface area contributed by atoms with Crippen LogP contribution in [0.1, 0.15) is 27.9 Å². The van der Waals surface area contributed by atoms with Gasteiger partial charge >= 0.3 is 0 Å². The number of carbonyl (C=O) groups excluding carboxylic acids is 1. The summed E-state index contributed by atoms with van der Waals surface area (Å²) in [4.78, 5) is 30.5. The molecule has 0 fully saturated rings. The maximum Gasteiger partial charge on any atom is 0.262 e. The van der Waals surface area contributed by atoms with Crippen molar-refractivity contribution >= 4 is 28.1 Å². The Morgan fingerprint density at radius 3 is 2.60 bits per heavy atom. The fourth-order valence-corrected chi connectivity index (χ4v) is 4.42. The Morgan fingerprint density at radius 1 is 1.13 bits per heavy atom. The van der Waals surface area contributed by atoms with Gasteiger partial charge in [-0.3, -0.25) is 14.2 Å². The van der Waals surface area contributed by atoms with Gasteiger partial charge in [-0.2, -0.15) is 0 Å². The number of fused-ring (bicyclic) bond motifs is 1. The van der Waals surface area contributed by atoms with E-state index in [0.29, 0.717) is 23.3 Å². The van der Waals surface area contributed by atoms with E-state index in [9.17, 15) is 9.59 Å². The molecule has 4 N–H and O–H groups in total. The van der Waals surface area contributed by atoms with Gasteiger partial charge in [-0.05, 0) is 30.5 Å². The van der Waals surface area contributed by atoms with E-state index in [2.05, 4.69) is 52.9 Å². The Kier molecular flexibility index (Phi) is 5.74.